The van der Waals surface area contributed by atoms with Crippen LogP contribution in [0.3, 0.4) is 0 Å². The largest absolute Gasteiger partial charge is 0.376 e. The third-order valence-corrected chi connectivity index (χ3v) is 5.25. The van der Waals surface area contributed by atoms with E-state index in [0.717, 1.165) is 19.4 Å². The predicted molar refractivity (Wildman–Crippen MR) is 106 cm³/mol. The number of ether oxygens (including phenoxy) is 1. The Labute approximate surface area is 168 Å². The fourth-order valence-corrected chi connectivity index (χ4v) is 3.76. The van der Waals surface area contributed by atoms with E-state index in [9.17, 15) is 4.79 Å². The van der Waals surface area contributed by atoms with Gasteiger partial charge in [-0.25, -0.2) is 4.98 Å². The van der Waals surface area contributed by atoms with Gasteiger partial charge in [-0.2, -0.15) is 0 Å². The molecule has 8 heteroatoms. The molecule has 143 valence electrons. The molecule has 3 N–H and O–H groups in total. The lowest BCUT2D eigenvalue weighted by Crippen LogP contribution is -2.36. The van der Waals surface area contributed by atoms with Crippen molar-refractivity contribution in [3.8, 4) is 11.3 Å². The zero-order valence-corrected chi connectivity index (χ0v) is 16.7. The SMILES string of the molecule is CC1(C)CC(CNc2cc(C(N)=O)c(Cl)c(-c3c[c]ncc3Cl)n2)CCO1. The molecule has 1 amide bonds. The Morgan fingerprint density at radius 1 is 1.48 bits per heavy atom. The molecule has 1 saturated heterocycles. The molecule has 1 unspecified atom stereocenters. The zero-order valence-electron chi connectivity index (χ0n) is 15.2. The van der Waals surface area contributed by atoms with E-state index in [4.69, 9.17) is 33.7 Å². The maximum absolute atomic E-state index is 11.8. The highest BCUT2D eigenvalue weighted by molar-refractivity contribution is 6.38. The number of pyridine rings is 2. The lowest BCUT2D eigenvalue weighted by molar-refractivity contribution is -0.0699. The molecule has 0 saturated carbocycles. The van der Waals surface area contributed by atoms with Gasteiger partial charge in [0.1, 0.15) is 5.82 Å². The summed E-state index contributed by atoms with van der Waals surface area (Å²) >= 11 is 12.6. The molecule has 6 nitrogen and oxygen atoms in total. The summed E-state index contributed by atoms with van der Waals surface area (Å²) in [7, 11) is 0. The second-order valence-electron chi connectivity index (χ2n) is 7.22. The van der Waals surface area contributed by atoms with Crippen molar-refractivity contribution in [1.29, 1.82) is 0 Å². The number of anilines is 1. The van der Waals surface area contributed by atoms with E-state index in [0.29, 0.717) is 34.6 Å². The lowest BCUT2D eigenvalue weighted by Gasteiger charge is -2.35. The molecule has 1 fully saturated rings. The fraction of sp³-hybridized carbons (Fsp3) is 0.421. The molecule has 3 rings (SSSR count). The van der Waals surface area contributed by atoms with E-state index in [2.05, 4.69) is 35.3 Å². The van der Waals surface area contributed by atoms with E-state index in [1.165, 1.54) is 6.20 Å². The van der Waals surface area contributed by atoms with Crippen molar-refractivity contribution in [2.75, 3.05) is 18.5 Å². The van der Waals surface area contributed by atoms with Gasteiger partial charge in [0.2, 0.25) is 5.91 Å². The number of rotatable bonds is 5. The highest BCUT2D eigenvalue weighted by atomic mass is 35.5. The topological polar surface area (TPSA) is 90.1 Å². The first-order valence-electron chi connectivity index (χ1n) is 8.67. The monoisotopic (exact) mass is 407 g/mol. The zero-order chi connectivity index (χ0) is 19.6. The summed E-state index contributed by atoms with van der Waals surface area (Å²) in [5, 5.41) is 3.82. The molecule has 3 heterocycles. The number of primary amides is 1. The predicted octanol–water partition coefficient (Wildman–Crippen LogP) is 3.97. The third-order valence-electron chi connectivity index (χ3n) is 4.57. The number of carbonyl (C=O) groups excluding carboxylic acids is 1. The summed E-state index contributed by atoms with van der Waals surface area (Å²) in [6.45, 7) is 5.61. The molecule has 0 bridgehead atoms. The van der Waals surface area contributed by atoms with Crippen molar-refractivity contribution in [2.24, 2.45) is 11.7 Å². The summed E-state index contributed by atoms with van der Waals surface area (Å²) < 4.78 is 5.76. The van der Waals surface area contributed by atoms with Gasteiger partial charge in [-0.05, 0) is 44.7 Å². The number of hydrogen-bond acceptors (Lipinski definition) is 5. The number of aromatic nitrogens is 2. The molecule has 1 aliphatic rings. The average molecular weight is 408 g/mol. The number of amides is 1. The summed E-state index contributed by atoms with van der Waals surface area (Å²) in [5.41, 5.74) is 6.45. The summed E-state index contributed by atoms with van der Waals surface area (Å²) in [6.07, 6.45) is 6.05. The van der Waals surface area contributed by atoms with Crippen LogP contribution in [0.4, 0.5) is 5.82 Å². The standard InChI is InChI=1S/C19H21Cl2N4O2/c1-19(2)8-11(4-6-27-19)9-24-15-7-13(18(22)26)16(21)17(25-15)12-3-5-23-10-14(12)20/h3,7,10-11H,4,6,8-9H2,1-2H3,(H2,22,26)(H,24,25). The maximum Gasteiger partial charge on any atom is 0.250 e. The normalized spacial score (nSPS) is 18.9. The number of nitrogens with zero attached hydrogens (tertiary/aromatic N) is 2. The summed E-state index contributed by atoms with van der Waals surface area (Å²) in [6, 6.07) is 3.14. The highest BCUT2D eigenvalue weighted by Crippen LogP contribution is 2.35. The van der Waals surface area contributed by atoms with Crippen LogP contribution in [0.2, 0.25) is 10.0 Å². The second-order valence-corrected chi connectivity index (χ2v) is 8.01. The van der Waals surface area contributed by atoms with Gasteiger partial charge in [0.05, 0.1) is 33.1 Å². The quantitative estimate of drug-likeness (QED) is 0.782. The van der Waals surface area contributed by atoms with Crippen LogP contribution in [0.5, 0.6) is 0 Å². The van der Waals surface area contributed by atoms with Crippen LogP contribution in [0.15, 0.2) is 18.3 Å². The lowest BCUT2D eigenvalue weighted by atomic mass is 9.88. The summed E-state index contributed by atoms with van der Waals surface area (Å²) in [4.78, 5) is 20.2. The van der Waals surface area contributed by atoms with E-state index in [-0.39, 0.29) is 16.2 Å². The minimum absolute atomic E-state index is 0.137. The first-order valence-corrected chi connectivity index (χ1v) is 9.42. The van der Waals surface area contributed by atoms with Crippen molar-refractivity contribution in [2.45, 2.75) is 32.3 Å². The van der Waals surface area contributed by atoms with Gasteiger partial charge in [0, 0.05) is 24.9 Å². The third kappa shape index (κ3) is 4.69. The summed E-state index contributed by atoms with van der Waals surface area (Å²) in [5.74, 6) is 0.318. The molecule has 1 atom stereocenters. The number of nitrogens with two attached hydrogens (primary N) is 1. The number of carbonyl (C=O) groups is 1. The van der Waals surface area contributed by atoms with E-state index >= 15 is 0 Å². The number of nitrogens with one attached hydrogen (secondary N) is 1. The highest BCUT2D eigenvalue weighted by Gasteiger charge is 2.28. The minimum atomic E-state index is -0.631. The fourth-order valence-electron chi connectivity index (χ4n) is 3.27. The van der Waals surface area contributed by atoms with Gasteiger partial charge < -0.3 is 15.8 Å². The van der Waals surface area contributed by atoms with Gasteiger partial charge >= 0.3 is 0 Å². The molecule has 0 aromatic carbocycles. The van der Waals surface area contributed by atoms with Crippen LogP contribution in [0.1, 0.15) is 37.0 Å². The van der Waals surface area contributed by atoms with E-state index in [1.54, 1.807) is 12.1 Å². The molecule has 1 aliphatic heterocycles. The van der Waals surface area contributed by atoms with Gasteiger partial charge in [-0.15, -0.1) is 0 Å². The number of hydrogen-bond donors (Lipinski definition) is 2. The Hall–Kier alpha value is -1.89. The van der Waals surface area contributed by atoms with Crippen molar-refractivity contribution in [3.63, 3.8) is 0 Å². The maximum atomic E-state index is 11.8. The first kappa shape index (κ1) is 19.9. The first-order chi connectivity index (χ1) is 12.8. The van der Waals surface area contributed by atoms with Gasteiger partial charge in [0.15, 0.2) is 0 Å². The molecule has 1 radical (unpaired) electrons. The Morgan fingerprint density at radius 3 is 2.93 bits per heavy atom. The van der Waals surface area contributed by atoms with Crippen molar-refractivity contribution >= 4 is 34.9 Å². The van der Waals surface area contributed by atoms with E-state index < -0.39 is 5.91 Å². The Bertz CT molecular complexity index is 858. The van der Waals surface area contributed by atoms with Gasteiger partial charge in [-0.3, -0.25) is 9.78 Å². The molecule has 2 aromatic heterocycles. The smallest absolute Gasteiger partial charge is 0.250 e. The Morgan fingerprint density at radius 2 is 2.26 bits per heavy atom. The van der Waals surface area contributed by atoms with Gasteiger partial charge in [0.25, 0.3) is 0 Å². The van der Waals surface area contributed by atoms with Crippen LogP contribution in [-0.2, 0) is 4.74 Å². The minimum Gasteiger partial charge on any atom is -0.376 e. The molecule has 2 aromatic rings. The average Bonchev–Trinajstić information content (AvgIpc) is 2.60. The van der Waals surface area contributed by atoms with Crippen molar-refractivity contribution < 1.29 is 9.53 Å². The second kappa shape index (κ2) is 8.00. The van der Waals surface area contributed by atoms with Crippen LogP contribution < -0.4 is 11.1 Å². The molecule has 0 aliphatic carbocycles. The van der Waals surface area contributed by atoms with Crippen molar-refractivity contribution in [1.82, 2.24) is 9.97 Å². The molecule has 0 spiro atoms. The molecular formula is C19H21Cl2N4O2. The van der Waals surface area contributed by atoms with Crippen LogP contribution in [0, 0.1) is 12.1 Å². The Balaban J connectivity index is 1.89. The Kier molecular flexibility index (Phi) is 5.89. The van der Waals surface area contributed by atoms with Crippen LogP contribution in [0.25, 0.3) is 11.3 Å². The van der Waals surface area contributed by atoms with Crippen LogP contribution >= 0.6 is 23.2 Å². The molecular weight excluding hydrogens is 387 g/mol. The van der Waals surface area contributed by atoms with Crippen molar-refractivity contribution in [3.05, 3.63) is 40.1 Å². The number of halogens is 2. The van der Waals surface area contributed by atoms with Gasteiger partial charge in [-0.1, -0.05) is 23.2 Å². The van der Waals surface area contributed by atoms with E-state index in [1.807, 2.05) is 0 Å². The van der Waals surface area contributed by atoms with Crippen LogP contribution in [-0.4, -0.2) is 34.6 Å². The molecule has 27 heavy (non-hydrogen) atoms.